The van der Waals surface area contributed by atoms with Crippen molar-refractivity contribution in [1.82, 2.24) is 15.4 Å². The molecular weight excluding hydrogens is 270 g/mol. The Morgan fingerprint density at radius 3 is 2.90 bits per heavy atom. The molecule has 0 bridgehead atoms. The number of likely N-dealkylation sites (tertiary alicyclic amines) is 1. The van der Waals surface area contributed by atoms with Gasteiger partial charge in [-0.1, -0.05) is 12.1 Å². The molecule has 1 aliphatic heterocycles. The maximum absolute atomic E-state index is 12.0. The largest absolute Gasteiger partial charge is 0.391 e. The van der Waals surface area contributed by atoms with Crippen LogP contribution < -0.4 is 5.32 Å². The Labute approximate surface area is 125 Å². The molecule has 1 fully saturated rings. The molecule has 2 atom stereocenters. The Morgan fingerprint density at radius 1 is 1.52 bits per heavy atom. The van der Waals surface area contributed by atoms with Gasteiger partial charge < -0.3 is 19.8 Å². The second-order valence-corrected chi connectivity index (χ2v) is 5.92. The Morgan fingerprint density at radius 2 is 2.29 bits per heavy atom. The van der Waals surface area contributed by atoms with E-state index < -0.39 is 6.10 Å². The number of carbonyl (C=O) groups excluding carboxylic acids is 1. The molecule has 1 aliphatic rings. The number of nitrogens with zero attached hydrogens (tertiary/aromatic N) is 2. The molecule has 0 aromatic carbocycles. The molecule has 2 heterocycles. The Kier molecular flexibility index (Phi) is 5.22. The highest BCUT2D eigenvalue weighted by Crippen LogP contribution is 2.17. The number of amides is 2. The lowest BCUT2D eigenvalue weighted by Gasteiger charge is -2.34. The highest BCUT2D eigenvalue weighted by atomic mass is 16.5. The molecule has 2 amide bonds. The van der Waals surface area contributed by atoms with Gasteiger partial charge in [0.05, 0.1) is 11.8 Å². The fraction of sp³-hybridized carbons (Fsp3) is 0.733. The van der Waals surface area contributed by atoms with Crippen molar-refractivity contribution in [2.24, 2.45) is 5.92 Å². The van der Waals surface area contributed by atoms with Gasteiger partial charge in [-0.3, -0.25) is 0 Å². The second kappa shape index (κ2) is 6.93. The van der Waals surface area contributed by atoms with Gasteiger partial charge in [-0.05, 0) is 39.0 Å². The van der Waals surface area contributed by atoms with E-state index in [2.05, 4.69) is 10.5 Å². The molecule has 2 rings (SSSR count). The monoisotopic (exact) mass is 295 g/mol. The van der Waals surface area contributed by atoms with Crippen molar-refractivity contribution in [3.63, 3.8) is 0 Å². The van der Waals surface area contributed by atoms with Gasteiger partial charge in [0, 0.05) is 25.2 Å². The molecule has 118 valence electrons. The number of hydrogen-bond acceptors (Lipinski definition) is 4. The zero-order valence-electron chi connectivity index (χ0n) is 13.1. The van der Waals surface area contributed by atoms with Gasteiger partial charge in [-0.15, -0.1) is 0 Å². The van der Waals surface area contributed by atoms with Crippen molar-refractivity contribution in [2.75, 3.05) is 19.6 Å². The summed E-state index contributed by atoms with van der Waals surface area (Å²) in [4.78, 5) is 13.7. The van der Waals surface area contributed by atoms with Gasteiger partial charge in [0.2, 0.25) is 0 Å². The van der Waals surface area contributed by atoms with Crippen LogP contribution in [0.2, 0.25) is 0 Å². The van der Waals surface area contributed by atoms with E-state index in [0.29, 0.717) is 19.6 Å². The van der Waals surface area contributed by atoms with E-state index in [1.54, 1.807) is 4.90 Å². The first-order valence-corrected chi connectivity index (χ1v) is 7.61. The standard InChI is InChI=1S/C15H25N3O3/c1-10-6-8-18(9-14(10)19)15(20)16-7-4-5-13-11(2)17-21-12(13)3/h10,14,19H,4-9H2,1-3H3,(H,16,20). The topological polar surface area (TPSA) is 78.6 Å². The number of aliphatic hydroxyl groups excluding tert-OH is 1. The van der Waals surface area contributed by atoms with E-state index in [9.17, 15) is 9.90 Å². The van der Waals surface area contributed by atoms with E-state index >= 15 is 0 Å². The molecule has 2 unspecified atom stereocenters. The second-order valence-electron chi connectivity index (χ2n) is 5.92. The summed E-state index contributed by atoms with van der Waals surface area (Å²) in [7, 11) is 0. The molecule has 21 heavy (non-hydrogen) atoms. The predicted molar refractivity (Wildman–Crippen MR) is 79.1 cm³/mol. The molecule has 0 saturated carbocycles. The summed E-state index contributed by atoms with van der Waals surface area (Å²) in [6.07, 6.45) is 2.14. The molecular formula is C15H25N3O3. The van der Waals surface area contributed by atoms with Crippen LogP contribution in [-0.4, -0.2) is 46.9 Å². The van der Waals surface area contributed by atoms with E-state index in [1.165, 1.54) is 0 Å². The number of rotatable bonds is 4. The quantitative estimate of drug-likeness (QED) is 0.828. The molecule has 0 spiro atoms. The average molecular weight is 295 g/mol. The van der Waals surface area contributed by atoms with Crippen LogP contribution in [0, 0.1) is 19.8 Å². The van der Waals surface area contributed by atoms with Crippen molar-refractivity contribution < 1.29 is 14.4 Å². The van der Waals surface area contributed by atoms with Gasteiger partial charge in [0.15, 0.2) is 0 Å². The summed E-state index contributed by atoms with van der Waals surface area (Å²) >= 11 is 0. The number of carbonyl (C=O) groups is 1. The summed E-state index contributed by atoms with van der Waals surface area (Å²) in [5.74, 6) is 1.13. The molecule has 1 aromatic heterocycles. The van der Waals surface area contributed by atoms with Crippen LogP contribution in [0.15, 0.2) is 4.52 Å². The van der Waals surface area contributed by atoms with Gasteiger partial charge in [0.1, 0.15) is 5.76 Å². The molecule has 0 aliphatic carbocycles. The first-order chi connectivity index (χ1) is 9.99. The van der Waals surface area contributed by atoms with Crippen LogP contribution >= 0.6 is 0 Å². The first-order valence-electron chi connectivity index (χ1n) is 7.61. The number of aromatic nitrogens is 1. The minimum Gasteiger partial charge on any atom is -0.391 e. The normalized spacial score (nSPS) is 22.4. The summed E-state index contributed by atoms with van der Waals surface area (Å²) in [5, 5.41) is 16.7. The Bertz CT molecular complexity index is 467. The highest BCUT2D eigenvalue weighted by molar-refractivity contribution is 5.74. The Balaban J connectivity index is 1.70. The summed E-state index contributed by atoms with van der Waals surface area (Å²) in [6, 6.07) is -0.0836. The fourth-order valence-electron chi connectivity index (χ4n) is 2.66. The number of hydrogen-bond donors (Lipinski definition) is 2. The number of nitrogens with one attached hydrogen (secondary N) is 1. The van der Waals surface area contributed by atoms with Crippen LogP contribution in [0.1, 0.15) is 36.8 Å². The SMILES string of the molecule is Cc1noc(C)c1CCCNC(=O)N1CCC(C)C(O)C1. The Hall–Kier alpha value is -1.56. The third-order valence-corrected chi connectivity index (χ3v) is 4.27. The van der Waals surface area contributed by atoms with E-state index in [-0.39, 0.29) is 11.9 Å². The lowest BCUT2D eigenvalue weighted by molar-refractivity contribution is 0.0436. The minimum atomic E-state index is -0.410. The third kappa shape index (κ3) is 3.97. The summed E-state index contributed by atoms with van der Waals surface area (Å²) < 4.78 is 5.12. The molecule has 0 radical (unpaired) electrons. The van der Waals surface area contributed by atoms with E-state index in [1.807, 2.05) is 20.8 Å². The van der Waals surface area contributed by atoms with E-state index in [4.69, 9.17) is 4.52 Å². The maximum Gasteiger partial charge on any atom is 0.317 e. The summed E-state index contributed by atoms with van der Waals surface area (Å²) in [5.41, 5.74) is 2.05. The van der Waals surface area contributed by atoms with Crippen molar-refractivity contribution in [3.05, 3.63) is 17.0 Å². The van der Waals surface area contributed by atoms with Gasteiger partial charge in [0.25, 0.3) is 0 Å². The van der Waals surface area contributed by atoms with Crippen LogP contribution in [-0.2, 0) is 6.42 Å². The van der Waals surface area contributed by atoms with Crippen LogP contribution in [0.4, 0.5) is 4.79 Å². The smallest absolute Gasteiger partial charge is 0.317 e. The van der Waals surface area contributed by atoms with Crippen molar-refractivity contribution >= 4 is 6.03 Å². The predicted octanol–water partition coefficient (Wildman–Crippen LogP) is 1.64. The van der Waals surface area contributed by atoms with Crippen molar-refractivity contribution in [2.45, 2.75) is 46.1 Å². The molecule has 6 nitrogen and oxygen atoms in total. The number of urea groups is 1. The molecule has 6 heteroatoms. The highest BCUT2D eigenvalue weighted by Gasteiger charge is 2.26. The molecule has 1 saturated heterocycles. The molecule has 1 aromatic rings. The minimum absolute atomic E-state index is 0.0836. The maximum atomic E-state index is 12.0. The lowest BCUT2D eigenvalue weighted by atomic mass is 9.96. The van der Waals surface area contributed by atoms with Crippen LogP contribution in [0.5, 0.6) is 0 Å². The van der Waals surface area contributed by atoms with Crippen molar-refractivity contribution in [3.8, 4) is 0 Å². The zero-order chi connectivity index (χ0) is 15.4. The summed E-state index contributed by atoms with van der Waals surface area (Å²) in [6.45, 7) is 7.62. The number of aryl methyl sites for hydroxylation is 2. The number of aliphatic hydroxyl groups is 1. The fourth-order valence-corrected chi connectivity index (χ4v) is 2.66. The van der Waals surface area contributed by atoms with Gasteiger partial charge in [-0.2, -0.15) is 0 Å². The van der Waals surface area contributed by atoms with Crippen LogP contribution in [0.3, 0.4) is 0 Å². The van der Waals surface area contributed by atoms with Gasteiger partial charge >= 0.3 is 6.03 Å². The lowest BCUT2D eigenvalue weighted by Crippen LogP contribution is -2.49. The van der Waals surface area contributed by atoms with Gasteiger partial charge in [-0.25, -0.2) is 4.79 Å². The third-order valence-electron chi connectivity index (χ3n) is 4.27. The van der Waals surface area contributed by atoms with E-state index in [0.717, 1.165) is 36.3 Å². The van der Waals surface area contributed by atoms with Crippen LogP contribution in [0.25, 0.3) is 0 Å². The zero-order valence-corrected chi connectivity index (χ0v) is 13.1. The molecule has 2 N–H and O–H groups in total. The number of piperidine rings is 1. The first kappa shape index (κ1) is 15.8. The average Bonchev–Trinajstić information content (AvgIpc) is 2.77. The van der Waals surface area contributed by atoms with Crippen molar-refractivity contribution in [1.29, 1.82) is 0 Å². The number of β-amino-alcohol motifs (C(OH)–C–C–N with tert-alkyl or cyclic N) is 1.